The van der Waals surface area contributed by atoms with Crippen LogP contribution in [0, 0.1) is 0 Å². The van der Waals surface area contributed by atoms with Crippen molar-refractivity contribution >= 4 is 22.2 Å². The molecule has 4 heterocycles. The van der Waals surface area contributed by atoms with E-state index in [0.29, 0.717) is 5.65 Å². The Morgan fingerprint density at radius 2 is 2.04 bits per heavy atom. The zero-order valence-corrected chi connectivity index (χ0v) is 15.6. The van der Waals surface area contributed by atoms with Gasteiger partial charge in [-0.2, -0.15) is 0 Å². The molecule has 1 fully saturated rings. The molecule has 0 atom stereocenters. The number of imidazole rings is 2. The van der Waals surface area contributed by atoms with Crippen LogP contribution in [0.2, 0.25) is 0 Å². The van der Waals surface area contributed by atoms with Gasteiger partial charge in [-0.05, 0) is 43.2 Å². The lowest BCUT2D eigenvalue weighted by atomic mass is 9.91. The normalized spacial score (nSPS) is 18.3. The smallest absolute Gasteiger partial charge is 0.327 e. The van der Waals surface area contributed by atoms with E-state index in [2.05, 4.69) is 25.5 Å². The summed E-state index contributed by atoms with van der Waals surface area (Å²) in [6, 6.07) is 10.6. The Hall–Kier alpha value is -2.93. The lowest BCUT2D eigenvalue weighted by Crippen LogP contribution is -2.41. The maximum absolute atomic E-state index is 12.5. The third-order valence-electron chi connectivity index (χ3n) is 6.34. The number of pyridine rings is 1. The van der Waals surface area contributed by atoms with Gasteiger partial charge >= 0.3 is 5.69 Å². The van der Waals surface area contributed by atoms with Gasteiger partial charge in [-0.25, -0.2) is 19.3 Å². The quantitative estimate of drug-likeness (QED) is 0.585. The summed E-state index contributed by atoms with van der Waals surface area (Å²) in [6.07, 6.45) is 6.76. The van der Waals surface area contributed by atoms with Crippen molar-refractivity contribution in [2.75, 3.05) is 13.1 Å². The average molecular weight is 374 g/mol. The second-order valence-electron chi connectivity index (χ2n) is 7.86. The van der Waals surface area contributed by atoms with Gasteiger partial charge in [-0.1, -0.05) is 6.42 Å². The first-order chi connectivity index (χ1) is 13.8. The summed E-state index contributed by atoms with van der Waals surface area (Å²) >= 11 is 0. The zero-order valence-electron chi connectivity index (χ0n) is 15.6. The number of aromatic nitrogens is 5. The summed E-state index contributed by atoms with van der Waals surface area (Å²) in [5, 5.41) is 0. The molecule has 1 aromatic carbocycles. The van der Waals surface area contributed by atoms with E-state index >= 15 is 0 Å². The Balaban J connectivity index is 1.40. The highest BCUT2D eigenvalue weighted by Gasteiger charge is 2.27. The number of H-pyrrole nitrogens is 1. The van der Waals surface area contributed by atoms with Crippen molar-refractivity contribution in [2.24, 2.45) is 0 Å². The molecule has 2 aliphatic rings. The van der Waals surface area contributed by atoms with Crippen molar-refractivity contribution < 1.29 is 0 Å². The van der Waals surface area contributed by atoms with Crippen LogP contribution in [0.25, 0.3) is 27.9 Å². The molecule has 0 unspecified atom stereocenters. The van der Waals surface area contributed by atoms with Crippen molar-refractivity contribution in [3.8, 4) is 5.69 Å². The van der Waals surface area contributed by atoms with Gasteiger partial charge in [0.2, 0.25) is 0 Å². The number of hydrogen-bond acceptors (Lipinski definition) is 4. The molecular weight excluding hydrogens is 352 g/mol. The molecule has 6 rings (SSSR count). The van der Waals surface area contributed by atoms with Crippen LogP contribution in [-0.2, 0) is 13.0 Å². The summed E-state index contributed by atoms with van der Waals surface area (Å²) < 4.78 is 3.98. The molecule has 3 aromatic heterocycles. The summed E-state index contributed by atoms with van der Waals surface area (Å²) in [7, 11) is 0. The maximum Gasteiger partial charge on any atom is 0.332 e. The standard InChI is InChI=1S/C21H22N6O/c28-21-24-16-5-2-9-22-20(16)27(21)15-6-7-18-17(13-15)23-19-8-10-25(11-12-26(18)19)14-3-1-4-14/h2,5-7,9,13-14H,1,3-4,8,10-12H2,(H,24,28). The molecule has 1 aliphatic heterocycles. The van der Waals surface area contributed by atoms with E-state index in [4.69, 9.17) is 4.98 Å². The molecule has 4 aromatic rings. The molecule has 0 amide bonds. The monoisotopic (exact) mass is 374 g/mol. The number of benzene rings is 1. The van der Waals surface area contributed by atoms with Gasteiger partial charge in [0.25, 0.3) is 0 Å². The molecule has 1 N–H and O–H groups in total. The van der Waals surface area contributed by atoms with Gasteiger partial charge < -0.3 is 9.55 Å². The highest BCUT2D eigenvalue weighted by atomic mass is 16.1. The van der Waals surface area contributed by atoms with Crippen LogP contribution in [0.1, 0.15) is 25.1 Å². The van der Waals surface area contributed by atoms with Crippen LogP contribution in [0.5, 0.6) is 0 Å². The Morgan fingerprint density at radius 3 is 2.89 bits per heavy atom. The molecule has 0 bridgehead atoms. The van der Waals surface area contributed by atoms with E-state index in [1.54, 1.807) is 10.8 Å². The summed E-state index contributed by atoms with van der Waals surface area (Å²) in [6.45, 7) is 3.17. The van der Waals surface area contributed by atoms with Gasteiger partial charge in [0.05, 0.1) is 22.2 Å². The minimum absolute atomic E-state index is 0.176. The Morgan fingerprint density at radius 1 is 1.11 bits per heavy atom. The fraction of sp³-hybridized carbons (Fsp3) is 0.381. The van der Waals surface area contributed by atoms with Crippen LogP contribution in [-0.4, -0.2) is 48.1 Å². The SMILES string of the molecule is O=c1[nH]c2cccnc2n1-c1ccc2c(c1)nc1n2CCN(C2CCC2)CC1. The molecule has 7 nitrogen and oxygen atoms in total. The number of hydrogen-bond donors (Lipinski definition) is 1. The minimum atomic E-state index is -0.176. The maximum atomic E-state index is 12.5. The molecule has 28 heavy (non-hydrogen) atoms. The number of nitrogens with one attached hydrogen (secondary N) is 1. The number of aromatic amines is 1. The van der Waals surface area contributed by atoms with Gasteiger partial charge in [-0.3, -0.25) is 4.90 Å². The second kappa shape index (κ2) is 6.04. The van der Waals surface area contributed by atoms with Gasteiger partial charge in [0.1, 0.15) is 5.82 Å². The third-order valence-corrected chi connectivity index (χ3v) is 6.34. The van der Waals surface area contributed by atoms with E-state index in [0.717, 1.165) is 60.2 Å². The first-order valence-electron chi connectivity index (χ1n) is 10.1. The lowest BCUT2D eigenvalue weighted by molar-refractivity contribution is 0.130. The van der Waals surface area contributed by atoms with E-state index in [1.807, 2.05) is 24.3 Å². The Labute approximate surface area is 161 Å². The summed E-state index contributed by atoms with van der Waals surface area (Å²) in [5.41, 5.74) is 4.10. The van der Waals surface area contributed by atoms with Crippen LogP contribution >= 0.6 is 0 Å². The predicted molar refractivity (Wildman–Crippen MR) is 108 cm³/mol. The molecule has 0 spiro atoms. The highest BCUT2D eigenvalue weighted by Crippen LogP contribution is 2.28. The topological polar surface area (TPSA) is 71.7 Å². The van der Waals surface area contributed by atoms with Crippen LogP contribution in [0.3, 0.4) is 0 Å². The molecule has 142 valence electrons. The lowest BCUT2D eigenvalue weighted by Gasteiger charge is -2.36. The van der Waals surface area contributed by atoms with Gasteiger partial charge in [-0.15, -0.1) is 0 Å². The van der Waals surface area contributed by atoms with Crippen molar-refractivity contribution in [1.29, 1.82) is 0 Å². The van der Waals surface area contributed by atoms with E-state index in [9.17, 15) is 4.79 Å². The predicted octanol–water partition coefficient (Wildman–Crippen LogP) is 2.47. The molecule has 1 saturated carbocycles. The fourth-order valence-electron chi connectivity index (χ4n) is 4.63. The van der Waals surface area contributed by atoms with E-state index < -0.39 is 0 Å². The first-order valence-corrected chi connectivity index (χ1v) is 10.1. The molecular formula is C21H22N6O. The van der Waals surface area contributed by atoms with Crippen molar-refractivity contribution in [3.05, 3.63) is 52.8 Å². The van der Waals surface area contributed by atoms with Crippen LogP contribution in [0.15, 0.2) is 41.3 Å². The van der Waals surface area contributed by atoms with Crippen LogP contribution < -0.4 is 5.69 Å². The molecule has 0 saturated heterocycles. The average Bonchev–Trinajstić information content (AvgIpc) is 3.10. The molecule has 7 heteroatoms. The van der Waals surface area contributed by atoms with Gasteiger partial charge in [0.15, 0.2) is 5.65 Å². The van der Waals surface area contributed by atoms with E-state index in [1.165, 1.54) is 19.3 Å². The summed E-state index contributed by atoms with van der Waals surface area (Å²) in [4.78, 5) is 27.3. The highest BCUT2D eigenvalue weighted by molar-refractivity contribution is 5.80. The largest absolute Gasteiger partial charge is 0.332 e. The first kappa shape index (κ1) is 16.1. The Kier molecular flexibility index (Phi) is 3.46. The summed E-state index contributed by atoms with van der Waals surface area (Å²) in [5.74, 6) is 1.15. The number of nitrogens with zero attached hydrogens (tertiary/aromatic N) is 5. The molecule has 0 radical (unpaired) electrons. The Bertz CT molecular complexity index is 1240. The van der Waals surface area contributed by atoms with Crippen molar-refractivity contribution in [2.45, 2.75) is 38.3 Å². The van der Waals surface area contributed by atoms with Crippen molar-refractivity contribution in [1.82, 2.24) is 29.0 Å². The third kappa shape index (κ3) is 2.36. The number of rotatable bonds is 2. The van der Waals surface area contributed by atoms with Gasteiger partial charge in [0, 0.05) is 38.3 Å². The van der Waals surface area contributed by atoms with E-state index in [-0.39, 0.29) is 5.69 Å². The number of fused-ring (bicyclic) bond motifs is 4. The second-order valence-corrected chi connectivity index (χ2v) is 7.86. The molecule has 1 aliphatic carbocycles. The van der Waals surface area contributed by atoms with Crippen molar-refractivity contribution in [3.63, 3.8) is 0 Å². The van der Waals surface area contributed by atoms with Crippen LogP contribution in [0.4, 0.5) is 0 Å². The zero-order chi connectivity index (χ0) is 18.7. The minimum Gasteiger partial charge on any atom is -0.327 e. The fourth-order valence-corrected chi connectivity index (χ4v) is 4.63.